The van der Waals surface area contributed by atoms with Crippen LogP contribution in [0.1, 0.15) is 27.7 Å². The van der Waals surface area contributed by atoms with Crippen LogP contribution in [0.5, 0.6) is 0 Å². The van der Waals surface area contributed by atoms with E-state index >= 15 is 0 Å². The van der Waals surface area contributed by atoms with Gasteiger partial charge in [-0.15, -0.1) is 0 Å². The molecule has 0 unspecified atom stereocenters. The van der Waals surface area contributed by atoms with E-state index in [-0.39, 0.29) is 5.54 Å². The smallest absolute Gasteiger partial charge is 0.126 e. The molecule has 0 aliphatic heterocycles. The van der Waals surface area contributed by atoms with Gasteiger partial charge < -0.3 is 4.90 Å². The topological polar surface area (TPSA) is 21.1 Å². The SMILES string of the molecule is CCn1nccc1N(C)C(C)(C)C. The molecule has 0 radical (unpaired) electrons. The number of hydrogen-bond donors (Lipinski definition) is 0. The number of nitrogens with zero attached hydrogens (tertiary/aromatic N) is 3. The van der Waals surface area contributed by atoms with Gasteiger partial charge >= 0.3 is 0 Å². The van der Waals surface area contributed by atoms with Gasteiger partial charge in [-0.2, -0.15) is 5.10 Å². The van der Waals surface area contributed by atoms with E-state index in [1.165, 1.54) is 5.82 Å². The van der Waals surface area contributed by atoms with E-state index in [2.05, 4.69) is 50.8 Å². The first kappa shape index (κ1) is 10.1. The first-order valence-electron chi connectivity index (χ1n) is 4.72. The highest BCUT2D eigenvalue weighted by atomic mass is 15.4. The second-order valence-electron chi connectivity index (χ2n) is 4.24. The molecule has 1 heterocycles. The van der Waals surface area contributed by atoms with Gasteiger partial charge in [-0.3, -0.25) is 4.68 Å². The van der Waals surface area contributed by atoms with Gasteiger partial charge in [-0.05, 0) is 27.7 Å². The zero-order valence-corrected chi connectivity index (χ0v) is 9.20. The minimum atomic E-state index is 0.146. The summed E-state index contributed by atoms with van der Waals surface area (Å²) in [6, 6.07) is 2.05. The number of aromatic nitrogens is 2. The fraction of sp³-hybridized carbons (Fsp3) is 0.700. The Morgan fingerprint density at radius 2 is 2.08 bits per heavy atom. The van der Waals surface area contributed by atoms with E-state index in [1.807, 2.05) is 10.9 Å². The van der Waals surface area contributed by atoms with Crippen LogP contribution in [0.15, 0.2) is 12.3 Å². The van der Waals surface area contributed by atoms with Crippen molar-refractivity contribution in [3.8, 4) is 0 Å². The molecule has 0 aliphatic carbocycles. The molecule has 74 valence electrons. The van der Waals surface area contributed by atoms with Crippen molar-refractivity contribution in [2.45, 2.75) is 39.8 Å². The van der Waals surface area contributed by atoms with Crippen molar-refractivity contribution in [1.82, 2.24) is 9.78 Å². The summed E-state index contributed by atoms with van der Waals surface area (Å²) in [5.41, 5.74) is 0.146. The van der Waals surface area contributed by atoms with Crippen LogP contribution in [-0.2, 0) is 6.54 Å². The molecule has 0 saturated heterocycles. The fourth-order valence-corrected chi connectivity index (χ4v) is 1.20. The number of anilines is 1. The molecule has 0 amide bonds. The van der Waals surface area contributed by atoms with E-state index in [9.17, 15) is 0 Å². The highest BCUT2D eigenvalue weighted by molar-refractivity contribution is 5.39. The maximum absolute atomic E-state index is 4.24. The molecule has 1 rings (SSSR count). The van der Waals surface area contributed by atoms with Crippen molar-refractivity contribution in [3.63, 3.8) is 0 Å². The first-order chi connectivity index (χ1) is 5.96. The van der Waals surface area contributed by atoms with Crippen LogP contribution in [0.2, 0.25) is 0 Å². The molecular formula is C10H19N3. The van der Waals surface area contributed by atoms with Gasteiger partial charge in [0, 0.05) is 25.2 Å². The summed E-state index contributed by atoms with van der Waals surface area (Å²) >= 11 is 0. The Balaban J connectivity index is 2.94. The van der Waals surface area contributed by atoms with Crippen molar-refractivity contribution in [1.29, 1.82) is 0 Å². The van der Waals surface area contributed by atoms with Crippen LogP contribution in [0.4, 0.5) is 5.82 Å². The van der Waals surface area contributed by atoms with Crippen LogP contribution in [0.25, 0.3) is 0 Å². The number of aryl methyl sites for hydroxylation is 1. The predicted octanol–water partition coefficient (Wildman–Crippen LogP) is 2.14. The molecule has 0 saturated carbocycles. The highest BCUT2D eigenvalue weighted by Gasteiger charge is 2.19. The zero-order valence-electron chi connectivity index (χ0n) is 9.20. The standard InChI is InChI=1S/C10H19N3/c1-6-13-9(7-8-11-13)12(5)10(2,3)4/h7-8H,6H2,1-5H3. The lowest BCUT2D eigenvalue weighted by molar-refractivity contribution is 0.514. The van der Waals surface area contributed by atoms with Gasteiger partial charge in [-0.25, -0.2) is 0 Å². The summed E-state index contributed by atoms with van der Waals surface area (Å²) in [7, 11) is 2.10. The summed E-state index contributed by atoms with van der Waals surface area (Å²) in [5.74, 6) is 1.18. The normalized spacial score (nSPS) is 11.8. The van der Waals surface area contributed by atoms with E-state index in [0.717, 1.165) is 6.54 Å². The highest BCUT2D eigenvalue weighted by Crippen LogP contribution is 2.20. The minimum absolute atomic E-state index is 0.146. The lowest BCUT2D eigenvalue weighted by atomic mass is 10.1. The summed E-state index contributed by atoms with van der Waals surface area (Å²) in [6.45, 7) is 9.61. The molecule has 3 nitrogen and oxygen atoms in total. The van der Waals surface area contributed by atoms with Crippen LogP contribution in [-0.4, -0.2) is 22.4 Å². The minimum Gasteiger partial charge on any atom is -0.355 e. The summed E-state index contributed by atoms with van der Waals surface area (Å²) < 4.78 is 2.01. The second kappa shape index (κ2) is 3.40. The molecule has 0 aromatic carbocycles. The Bertz CT molecular complexity index is 270. The molecule has 0 N–H and O–H groups in total. The predicted molar refractivity (Wildman–Crippen MR) is 56.1 cm³/mol. The average molecular weight is 181 g/mol. The monoisotopic (exact) mass is 181 g/mol. The van der Waals surface area contributed by atoms with E-state index < -0.39 is 0 Å². The quantitative estimate of drug-likeness (QED) is 0.697. The van der Waals surface area contributed by atoms with Gasteiger partial charge in [0.15, 0.2) is 0 Å². The summed E-state index contributed by atoms with van der Waals surface area (Å²) in [4.78, 5) is 2.24. The van der Waals surface area contributed by atoms with Crippen LogP contribution in [0, 0.1) is 0 Å². The third-order valence-corrected chi connectivity index (χ3v) is 2.34. The molecule has 0 fully saturated rings. The van der Waals surface area contributed by atoms with Gasteiger partial charge in [0.25, 0.3) is 0 Å². The van der Waals surface area contributed by atoms with Crippen molar-refractivity contribution in [2.24, 2.45) is 0 Å². The maximum atomic E-state index is 4.24. The largest absolute Gasteiger partial charge is 0.355 e. The van der Waals surface area contributed by atoms with Crippen molar-refractivity contribution in [2.75, 3.05) is 11.9 Å². The van der Waals surface area contributed by atoms with E-state index in [1.54, 1.807) is 0 Å². The van der Waals surface area contributed by atoms with Crippen LogP contribution in [0.3, 0.4) is 0 Å². The molecular weight excluding hydrogens is 162 g/mol. The molecule has 0 bridgehead atoms. The van der Waals surface area contributed by atoms with Crippen molar-refractivity contribution in [3.05, 3.63) is 12.3 Å². The van der Waals surface area contributed by atoms with Gasteiger partial charge in [0.05, 0.1) is 6.20 Å². The Hall–Kier alpha value is -0.990. The lowest BCUT2D eigenvalue weighted by Gasteiger charge is -2.33. The third-order valence-electron chi connectivity index (χ3n) is 2.34. The summed E-state index contributed by atoms with van der Waals surface area (Å²) in [6.07, 6.45) is 1.85. The molecule has 3 heteroatoms. The number of rotatable bonds is 2. The lowest BCUT2D eigenvalue weighted by Crippen LogP contribution is -2.39. The molecule has 0 aliphatic rings. The fourth-order valence-electron chi connectivity index (χ4n) is 1.20. The summed E-state index contributed by atoms with van der Waals surface area (Å²) in [5, 5.41) is 4.24. The molecule has 0 atom stereocenters. The van der Waals surface area contributed by atoms with Gasteiger partial charge in [0.2, 0.25) is 0 Å². The van der Waals surface area contributed by atoms with E-state index in [4.69, 9.17) is 0 Å². The Kier molecular flexibility index (Phi) is 2.64. The second-order valence-corrected chi connectivity index (χ2v) is 4.24. The average Bonchev–Trinajstić information content (AvgIpc) is 2.48. The molecule has 1 aromatic heterocycles. The third kappa shape index (κ3) is 2.02. The Morgan fingerprint density at radius 3 is 2.54 bits per heavy atom. The van der Waals surface area contributed by atoms with Crippen LogP contribution < -0.4 is 4.90 Å². The molecule has 13 heavy (non-hydrogen) atoms. The zero-order chi connectivity index (χ0) is 10.1. The molecule has 0 spiro atoms. The van der Waals surface area contributed by atoms with Crippen molar-refractivity contribution >= 4 is 5.82 Å². The van der Waals surface area contributed by atoms with Crippen LogP contribution >= 0.6 is 0 Å². The number of hydrogen-bond acceptors (Lipinski definition) is 2. The van der Waals surface area contributed by atoms with Gasteiger partial charge in [0.1, 0.15) is 5.82 Å². The van der Waals surface area contributed by atoms with Crippen molar-refractivity contribution < 1.29 is 0 Å². The Morgan fingerprint density at radius 1 is 1.46 bits per heavy atom. The van der Waals surface area contributed by atoms with E-state index in [0.29, 0.717) is 0 Å². The Labute approximate surface area is 80.4 Å². The van der Waals surface area contributed by atoms with Gasteiger partial charge in [-0.1, -0.05) is 0 Å². The molecule has 1 aromatic rings. The maximum Gasteiger partial charge on any atom is 0.126 e. The first-order valence-corrected chi connectivity index (χ1v) is 4.72.